The molecule has 0 aliphatic rings. The van der Waals surface area contributed by atoms with Gasteiger partial charge in [0.05, 0.1) is 5.56 Å². The highest BCUT2D eigenvalue weighted by Gasteiger charge is 2.03. The fourth-order valence-electron chi connectivity index (χ4n) is 2.14. The van der Waals surface area contributed by atoms with Crippen LogP contribution in [-0.4, -0.2) is 16.8 Å². The molecule has 0 aliphatic carbocycles. The van der Waals surface area contributed by atoms with Gasteiger partial charge in [-0.3, -0.25) is 0 Å². The van der Waals surface area contributed by atoms with Crippen molar-refractivity contribution >= 4 is 17.7 Å². The Morgan fingerprint density at radius 1 is 1.05 bits per heavy atom. The van der Waals surface area contributed by atoms with Crippen LogP contribution in [0, 0.1) is 0 Å². The Labute approximate surface area is 127 Å². The molecule has 0 unspecified atom stereocenters. The van der Waals surface area contributed by atoms with E-state index < -0.39 is 5.97 Å². The minimum Gasteiger partial charge on any atom is -0.478 e. The Morgan fingerprint density at radius 2 is 1.70 bits per heavy atom. The highest BCUT2D eigenvalue weighted by Crippen LogP contribution is 2.21. The summed E-state index contributed by atoms with van der Waals surface area (Å²) in [6.07, 6.45) is 10.6. The first-order valence-electron chi connectivity index (χ1n) is 7.70. The van der Waals surface area contributed by atoms with Crippen molar-refractivity contribution in [2.24, 2.45) is 0 Å². The van der Waals surface area contributed by atoms with Gasteiger partial charge in [-0.05, 0) is 30.4 Å². The molecule has 1 aromatic carbocycles. The van der Waals surface area contributed by atoms with Crippen LogP contribution in [0.2, 0.25) is 0 Å². The molecule has 0 bridgehead atoms. The number of aromatic carboxylic acids is 1. The lowest BCUT2D eigenvalue weighted by Gasteiger charge is -2.03. The minimum absolute atomic E-state index is 0.380. The molecule has 0 spiro atoms. The second kappa shape index (κ2) is 10.8. The van der Waals surface area contributed by atoms with E-state index in [4.69, 9.17) is 5.11 Å². The number of carbonyl (C=O) groups is 1. The lowest BCUT2D eigenvalue weighted by molar-refractivity contribution is 0.0696. The van der Waals surface area contributed by atoms with E-state index in [0.717, 1.165) is 10.6 Å². The summed E-state index contributed by atoms with van der Waals surface area (Å²) in [5.74, 6) is 0.234. The summed E-state index contributed by atoms with van der Waals surface area (Å²) < 4.78 is 0. The Kier molecular flexibility index (Phi) is 9.22. The first-order chi connectivity index (χ1) is 9.74. The van der Waals surface area contributed by atoms with Crippen LogP contribution in [0.5, 0.6) is 0 Å². The fraction of sp³-hybridized carbons (Fsp3) is 0.588. The van der Waals surface area contributed by atoms with Crippen molar-refractivity contribution < 1.29 is 9.90 Å². The maximum atomic E-state index is 10.9. The number of carboxylic acid groups (broad SMARTS) is 1. The molecule has 0 aliphatic heterocycles. The number of hydrogen-bond donors (Lipinski definition) is 1. The second-order valence-electron chi connectivity index (χ2n) is 5.16. The van der Waals surface area contributed by atoms with Gasteiger partial charge in [0, 0.05) is 4.90 Å². The van der Waals surface area contributed by atoms with Crippen molar-refractivity contribution in [3.05, 3.63) is 29.8 Å². The van der Waals surface area contributed by atoms with E-state index in [1.807, 2.05) is 12.1 Å². The highest BCUT2D eigenvalue weighted by atomic mass is 32.2. The monoisotopic (exact) mass is 294 g/mol. The smallest absolute Gasteiger partial charge is 0.335 e. The van der Waals surface area contributed by atoms with E-state index >= 15 is 0 Å². The Hall–Kier alpha value is -0.960. The molecule has 0 saturated heterocycles. The number of thioether (sulfide) groups is 1. The van der Waals surface area contributed by atoms with E-state index in [9.17, 15) is 4.79 Å². The molecule has 0 saturated carbocycles. The zero-order chi connectivity index (χ0) is 14.6. The van der Waals surface area contributed by atoms with Crippen molar-refractivity contribution in [1.82, 2.24) is 0 Å². The summed E-state index contributed by atoms with van der Waals surface area (Å²) in [5, 5.41) is 8.93. The van der Waals surface area contributed by atoms with Crippen LogP contribution >= 0.6 is 11.8 Å². The van der Waals surface area contributed by atoms with Crippen LogP contribution in [0.25, 0.3) is 0 Å². The summed E-state index contributed by atoms with van der Waals surface area (Å²) >= 11 is 1.76. The SMILES string of the molecule is CCCCCCCCCCSc1cccc(C(=O)O)c1. The molecule has 20 heavy (non-hydrogen) atoms. The molecule has 112 valence electrons. The van der Waals surface area contributed by atoms with E-state index in [1.54, 1.807) is 23.9 Å². The average molecular weight is 294 g/mol. The summed E-state index contributed by atoms with van der Waals surface area (Å²) in [7, 11) is 0. The van der Waals surface area contributed by atoms with Crippen LogP contribution in [0.4, 0.5) is 0 Å². The van der Waals surface area contributed by atoms with Crippen LogP contribution in [0.15, 0.2) is 29.2 Å². The van der Waals surface area contributed by atoms with Crippen molar-refractivity contribution in [1.29, 1.82) is 0 Å². The van der Waals surface area contributed by atoms with Gasteiger partial charge in [-0.15, -0.1) is 11.8 Å². The first-order valence-corrected chi connectivity index (χ1v) is 8.68. The molecule has 0 heterocycles. The Bertz CT molecular complexity index is 390. The largest absolute Gasteiger partial charge is 0.478 e. The van der Waals surface area contributed by atoms with Crippen molar-refractivity contribution in [2.75, 3.05) is 5.75 Å². The second-order valence-corrected chi connectivity index (χ2v) is 6.32. The molecular formula is C17H26O2S. The van der Waals surface area contributed by atoms with Gasteiger partial charge in [0.15, 0.2) is 0 Å². The fourth-order valence-corrected chi connectivity index (χ4v) is 3.11. The maximum absolute atomic E-state index is 10.9. The standard InChI is InChI=1S/C17H26O2S/c1-2-3-4-5-6-7-8-9-13-20-16-12-10-11-15(14-16)17(18)19/h10-12,14H,2-9,13H2,1H3,(H,18,19). The molecular weight excluding hydrogens is 268 g/mol. The number of carboxylic acids is 1. The summed E-state index contributed by atoms with van der Waals surface area (Å²) in [5.41, 5.74) is 0.380. The zero-order valence-electron chi connectivity index (χ0n) is 12.4. The molecule has 2 nitrogen and oxygen atoms in total. The van der Waals surface area contributed by atoms with Gasteiger partial charge in [-0.1, -0.05) is 57.9 Å². The van der Waals surface area contributed by atoms with Crippen LogP contribution in [0.1, 0.15) is 68.6 Å². The molecule has 0 atom stereocenters. The number of hydrogen-bond acceptors (Lipinski definition) is 2. The van der Waals surface area contributed by atoms with E-state index in [1.165, 1.54) is 51.4 Å². The Balaban J connectivity index is 2.06. The molecule has 1 rings (SSSR count). The van der Waals surface area contributed by atoms with Crippen LogP contribution in [0.3, 0.4) is 0 Å². The summed E-state index contributed by atoms with van der Waals surface area (Å²) in [6.45, 7) is 2.25. The average Bonchev–Trinajstić information content (AvgIpc) is 2.46. The van der Waals surface area contributed by atoms with E-state index in [0.29, 0.717) is 5.56 Å². The van der Waals surface area contributed by atoms with Gasteiger partial charge < -0.3 is 5.11 Å². The van der Waals surface area contributed by atoms with E-state index in [2.05, 4.69) is 6.92 Å². The zero-order valence-corrected chi connectivity index (χ0v) is 13.3. The maximum Gasteiger partial charge on any atom is 0.335 e. The summed E-state index contributed by atoms with van der Waals surface area (Å²) in [4.78, 5) is 11.9. The third kappa shape index (κ3) is 7.59. The van der Waals surface area contributed by atoms with Gasteiger partial charge in [-0.25, -0.2) is 4.79 Å². The van der Waals surface area contributed by atoms with E-state index in [-0.39, 0.29) is 0 Å². The first kappa shape index (κ1) is 17.1. The van der Waals surface area contributed by atoms with Crippen molar-refractivity contribution in [2.45, 2.75) is 63.2 Å². The third-order valence-electron chi connectivity index (χ3n) is 3.35. The predicted octanol–water partition coefficient (Wildman–Crippen LogP) is 5.62. The molecule has 0 amide bonds. The predicted molar refractivity (Wildman–Crippen MR) is 86.7 cm³/mol. The minimum atomic E-state index is -0.848. The lowest BCUT2D eigenvalue weighted by Crippen LogP contribution is -1.95. The molecule has 3 heteroatoms. The normalized spacial score (nSPS) is 10.7. The van der Waals surface area contributed by atoms with Crippen LogP contribution in [-0.2, 0) is 0 Å². The van der Waals surface area contributed by atoms with Crippen molar-refractivity contribution in [3.63, 3.8) is 0 Å². The lowest BCUT2D eigenvalue weighted by atomic mass is 10.1. The van der Waals surface area contributed by atoms with Gasteiger partial charge in [0.2, 0.25) is 0 Å². The molecule has 1 N–H and O–H groups in total. The van der Waals surface area contributed by atoms with Gasteiger partial charge in [-0.2, -0.15) is 0 Å². The van der Waals surface area contributed by atoms with Crippen LogP contribution < -0.4 is 0 Å². The van der Waals surface area contributed by atoms with Gasteiger partial charge >= 0.3 is 5.97 Å². The Morgan fingerprint density at radius 3 is 2.35 bits per heavy atom. The molecule has 0 fully saturated rings. The topological polar surface area (TPSA) is 37.3 Å². The highest BCUT2D eigenvalue weighted by molar-refractivity contribution is 7.99. The molecule has 0 radical (unpaired) electrons. The quantitative estimate of drug-likeness (QED) is 0.425. The van der Waals surface area contributed by atoms with Gasteiger partial charge in [0.25, 0.3) is 0 Å². The number of benzene rings is 1. The molecule has 0 aromatic heterocycles. The number of unbranched alkanes of at least 4 members (excludes halogenated alkanes) is 7. The molecule has 1 aromatic rings. The van der Waals surface area contributed by atoms with Gasteiger partial charge in [0.1, 0.15) is 0 Å². The van der Waals surface area contributed by atoms with Crippen molar-refractivity contribution in [3.8, 4) is 0 Å². The third-order valence-corrected chi connectivity index (χ3v) is 4.43. The number of rotatable bonds is 11. The summed E-state index contributed by atoms with van der Waals surface area (Å²) in [6, 6.07) is 7.21.